The molecule has 1 aromatic heterocycles. The van der Waals surface area contributed by atoms with E-state index in [0.717, 1.165) is 0 Å². The number of aromatic amines is 1. The zero-order valence-electron chi connectivity index (χ0n) is 11.6. The van der Waals surface area contributed by atoms with Gasteiger partial charge < -0.3 is 20.3 Å². The lowest BCUT2D eigenvalue weighted by Crippen LogP contribution is -2.45. The van der Waals surface area contributed by atoms with Crippen LogP contribution >= 0.6 is 0 Å². The van der Waals surface area contributed by atoms with Gasteiger partial charge >= 0.3 is 5.97 Å². The average molecular weight is 268 g/mol. The topological polar surface area (TPSA) is 98.3 Å². The number of hydrogen-bond acceptors (Lipinski definition) is 4. The Balaban J connectivity index is 2.82. The van der Waals surface area contributed by atoms with Crippen LogP contribution in [0.15, 0.2) is 6.33 Å². The van der Waals surface area contributed by atoms with Crippen LogP contribution in [-0.4, -0.2) is 58.5 Å². The number of carbonyl (C=O) groups is 2. The number of rotatable bonds is 6. The normalized spacial score (nSPS) is 12.7. The molecule has 3 N–H and O–H groups in total. The van der Waals surface area contributed by atoms with E-state index < -0.39 is 11.9 Å². The summed E-state index contributed by atoms with van der Waals surface area (Å²) >= 11 is 0. The third-order valence-corrected chi connectivity index (χ3v) is 2.75. The van der Waals surface area contributed by atoms with Crippen molar-refractivity contribution >= 4 is 11.9 Å². The molecule has 0 aromatic carbocycles. The first kappa shape index (κ1) is 15.2. The number of likely N-dealkylation sites (N-methyl/N-ethyl adjacent to an activating group) is 1. The van der Waals surface area contributed by atoms with Crippen LogP contribution in [0.25, 0.3) is 0 Å². The van der Waals surface area contributed by atoms with Gasteiger partial charge in [0.2, 0.25) is 0 Å². The second-order valence-corrected chi connectivity index (χ2v) is 5.02. The van der Waals surface area contributed by atoms with Crippen LogP contribution in [0.5, 0.6) is 0 Å². The van der Waals surface area contributed by atoms with Gasteiger partial charge in [-0.15, -0.1) is 0 Å². The van der Waals surface area contributed by atoms with Crippen molar-refractivity contribution in [1.29, 1.82) is 0 Å². The summed E-state index contributed by atoms with van der Waals surface area (Å²) in [6.07, 6.45) is 1.20. The van der Waals surface area contributed by atoms with Crippen LogP contribution < -0.4 is 5.32 Å². The molecule has 1 rings (SSSR count). The first-order chi connectivity index (χ1) is 8.82. The van der Waals surface area contributed by atoms with Crippen molar-refractivity contribution < 1.29 is 14.7 Å². The van der Waals surface area contributed by atoms with Crippen molar-refractivity contribution in [1.82, 2.24) is 20.2 Å². The molecular formula is C12H20N4O3. The fourth-order valence-corrected chi connectivity index (χ4v) is 1.68. The molecule has 0 aliphatic carbocycles. The average Bonchev–Trinajstić information content (AvgIpc) is 2.76. The van der Waals surface area contributed by atoms with Crippen molar-refractivity contribution in [2.24, 2.45) is 5.92 Å². The molecule has 7 heteroatoms. The molecule has 1 heterocycles. The molecule has 0 fully saturated rings. The van der Waals surface area contributed by atoms with Gasteiger partial charge in [-0.3, -0.25) is 4.79 Å². The predicted octanol–water partition coefficient (Wildman–Crippen LogP) is 0.424. The van der Waals surface area contributed by atoms with E-state index in [2.05, 4.69) is 15.3 Å². The number of amides is 1. The van der Waals surface area contributed by atoms with Crippen molar-refractivity contribution in [3.05, 3.63) is 17.7 Å². The van der Waals surface area contributed by atoms with E-state index in [1.165, 1.54) is 6.33 Å². The molecule has 1 amide bonds. The monoisotopic (exact) mass is 268 g/mol. The predicted molar refractivity (Wildman–Crippen MR) is 70.2 cm³/mol. The van der Waals surface area contributed by atoms with Gasteiger partial charge in [0, 0.05) is 12.6 Å². The van der Waals surface area contributed by atoms with Gasteiger partial charge in [0.25, 0.3) is 5.91 Å². The van der Waals surface area contributed by atoms with E-state index >= 15 is 0 Å². The van der Waals surface area contributed by atoms with Gasteiger partial charge in [0.05, 0.1) is 6.33 Å². The van der Waals surface area contributed by atoms with E-state index in [9.17, 15) is 9.59 Å². The molecule has 0 spiro atoms. The van der Waals surface area contributed by atoms with E-state index in [4.69, 9.17) is 5.11 Å². The maximum absolute atomic E-state index is 12.1. The molecule has 0 aliphatic heterocycles. The lowest BCUT2D eigenvalue weighted by atomic mass is 10.0. The molecule has 7 nitrogen and oxygen atoms in total. The minimum absolute atomic E-state index is 0.0687. The molecule has 0 saturated carbocycles. The number of aromatic carboxylic acids is 1. The summed E-state index contributed by atoms with van der Waals surface area (Å²) in [6.45, 7) is 4.67. The second kappa shape index (κ2) is 6.33. The van der Waals surface area contributed by atoms with Gasteiger partial charge in [0.1, 0.15) is 0 Å². The molecule has 0 bridgehead atoms. The summed E-state index contributed by atoms with van der Waals surface area (Å²) in [5.41, 5.74) is -0.276. The van der Waals surface area contributed by atoms with Crippen molar-refractivity contribution in [2.45, 2.75) is 19.9 Å². The minimum atomic E-state index is -1.20. The number of H-pyrrole nitrogens is 1. The molecule has 0 radical (unpaired) electrons. The Hall–Kier alpha value is -1.89. The molecular weight excluding hydrogens is 248 g/mol. The fraction of sp³-hybridized carbons (Fsp3) is 0.583. The molecule has 1 unspecified atom stereocenters. The summed E-state index contributed by atoms with van der Waals surface area (Å²) < 4.78 is 0. The third-order valence-electron chi connectivity index (χ3n) is 2.75. The van der Waals surface area contributed by atoms with Crippen LogP contribution in [0.2, 0.25) is 0 Å². The van der Waals surface area contributed by atoms with E-state index in [0.29, 0.717) is 6.54 Å². The van der Waals surface area contributed by atoms with Crippen LogP contribution in [0.3, 0.4) is 0 Å². The number of carboxylic acids is 1. The number of hydrogen-bond donors (Lipinski definition) is 3. The maximum atomic E-state index is 12.1. The molecule has 19 heavy (non-hydrogen) atoms. The smallest absolute Gasteiger partial charge is 0.354 e. The quantitative estimate of drug-likeness (QED) is 0.694. The van der Waals surface area contributed by atoms with E-state index in [-0.39, 0.29) is 23.3 Å². The Morgan fingerprint density at radius 1 is 1.47 bits per heavy atom. The van der Waals surface area contributed by atoms with Crippen molar-refractivity contribution in [3.63, 3.8) is 0 Å². The fourth-order valence-electron chi connectivity index (χ4n) is 1.68. The third kappa shape index (κ3) is 4.06. The molecule has 106 valence electrons. The minimum Gasteiger partial charge on any atom is -0.477 e. The van der Waals surface area contributed by atoms with Crippen molar-refractivity contribution in [3.8, 4) is 0 Å². The van der Waals surface area contributed by atoms with Crippen LogP contribution in [-0.2, 0) is 0 Å². The lowest BCUT2D eigenvalue weighted by Gasteiger charge is -2.25. The standard InChI is InChI=1S/C12H20N4O3/c1-7(2)8(5-16(3)4)15-11(17)9-10(12(18)19)14-6-13-9/h6-8H,5H2,1-4H3,(H,13,14)(H,15,17)(H,18,19). The SMILES string of the molecule is CC(C)C(CN(C)C)NC(=O)c1nc[nH]c1C(=O)O. The van der Waals surface area contributed by atoms with Gasteiger partial charge in [-0.25, -0.2) is 9.78 Å². The Labute approximate surface area is 112 Å². The maximum Gasteiger partial charge on any atom is 0.354 e. The Morgan fingerprint density at radius 2 is 2.11 bits per heavy atom. The molecule has 1 atom stereocenters. The largest absolute Gasteiger partial charge is 0.477 e. The highest BCUT2D eigenvalue weighted by molar-refractivity contribution is 6.02. The van der Waals surface area contributed by atoms with Crippen LogP contribution in [0, 0.1) is 5.92 Å². The zero-order chi connectivity index (χ0) is 14.6. The number of nitrogens with zero attached hydrogens (tertiary/aromatic N) is 2. The van der Waals surface area contributed by atoms with Gasteiger partial charge in [-0.1, -0.05) is 13.8 Å². The second-order valence-electron chi connectivity index (χ2n) is 5.02. The molecule has 1 aromatic rings. The Bertz CT molecular complexity index is 454. The van der Waals surface area contributed by atoms with Gasteiger partial charge in [-0.05, 0) is 20.0 Å². The Kier molecular flexibility index (Phi) is 5.05. The number of carbonyl (C=O) groups excluding carboxylic acids is 1. The Morgan fingerprint density at radius 3 is 2.58 bits per heavy atom. The van der Waals surface area contributed by atoms with Crippen molar-refractivity contribution in [2.75, 3.05) is 20.6 Å². The summed E-state index contributed by atoms with van der Waals surface area (Å²) in [5, 5.41) is 11.8. The highest BCUT2D eigenvalue weighted by Crippen LogP contribution is 2.07. The first-order valence-electron chi connectivity index (χ1n) is 6.05. The lowest BCUT2D eigenvalue weighted by molar-refractivity contribution is 0.0684. The highest BCUT2D eigenvalue weighted by atomic mass is 16.4. The zero-order valence-corrected chi connectivity index (χ0v) is 11.6. The highest BCUT2D eigenvalue weighted by Gasteiger charge is 2.23. The van der Waals surface area contributed by atoms with Gasteiger partial charge in [-0.2, -0.15) is 0 Å². The first-order valence-corrected chi connectivity index (χ1v) is 6.05. The molecule has 0 saturated heterocycles. The van der Waals surface area contributed by atoms with Crippen LogP contribution in [0.4, 0.5) is 0 Å². The summed E-state index contributed by atoms with van der Waals surface area (Å²) in [6, 6.07) is -0.0687. The summed E-state index contributed by atoms with van der Waals surface area (Å²) in [5.74, 6) is -1.44. The number of imidazole rings is 1. The van der Waals surface area contributed by atoms with Crippen LogP contribution in [0.1, 0.15) is 34.8 Å². The number of nitrogens with one attached hydrogen (secondary N) is 2. The van der Waals surface area contributed by atoms with Gasteiger partial charge in [0.15, 0.2) is 11.4 Å². The van der Waals surface area contributed by atoms with E-state index in [1.54, 1.807) is 0 Å². The van der Waals surface area contributed by atoms with E-state index in [1.807, 2.05) is 32.8 Å². The summed E-state index contributed by atoms with van der Waals surface area (Å²) in [4.78, 5) is 31.2. The number of aromatic nitrogens is 2. The molecule has 0 aliphatic rings. The number of carboxylic acid groups (broad SMARTS) is 1. The summed E-state index contributed by atoms with van der Waals surface area (Å²) in [7, 11) is 3.83.